The minimum atomic E-state index is -3.95. The number of fused-ring (bicyclic) bond motifs is 2. The maximum absolute atomic E-state index is 13.3. The summed E-state index contributed by atoms with van der Waals surface area (Å²) in [5.41, 5.74) is 0.298. The summed E-state index contributed by atoms with van der Waals surface area (Å²) in [6, 6.07) is 12.7. The fourth-order valence-corrected chi connectivity index (χ4v) is 6.21. The lowest BCUT2D eigenvalue weighted by Gasteiger charge is -2.27. The first-order valence-corrected chi connectivity index (χ1v) is 11.9. The highest BCUT2D eigenvalue weighted by Crippen LogP contribution is 2.44. The van der Waals surface area contributed by atoms with Crippen molar-refractivity contribution in [2.75, 3.05) is 10.8 Å². The van der Waals surface area contributed by atoms with Crippen LogP contribution in [0.5, 0.6) is 0 Å². The number of nitrogens with one attached hydrogen (secondary N) is 1. The van der Waals surface area contributed by atoms with Crippen LogP contribution in [-0.4, -0.2) is 26.9 Å². The van der Waals surface area contributed by atoms with Gasteiger partial charge in [-0.05, 0) is 61.4 Å². The average molecular weight is 453 g/mol. The first-order valence-electron chi connectivity index (χ1n) is 9.67. The molecule has 0 spiro atoms. The third-order valence-corrected chi connectivity index (χ3v) is 8.42. The van der Waals surface area contributed by atoms with Gasteiger partial charge in [0, 0.05) is 6.04 Å². The van der Waals surface area contributed by atoms with Crippen LogP contribution in [0.25, 0.3) is 0 Å². The molecule has 2 bridgehead atoms. The topological polar surface area (TPSA) is 66.5 Å². The van der Waals surface area contributed by atoms with Gasteiger partial charge in [0.1, 0.15) is 6.54 Å². The van der Waals surface area contributed by atoms with Crippen LogP contribution >= 0.6 is 23.2 Å². The second-order valence-corrected chi connectivity index (χ2v) is 10.4. The fourth-order valence-electron chi connectivity index (χ4n) is 4.48. The number of nitrogens with zero attached hydrogens (tertiary/aromatic N) is 1. The first-order chi connectivity index (χ1) is 13.8. The summed E-state index contributed by atoms with van der Waals surface area (Å²) in [6.07, 6.45) is 4.50. The number of carbonyl (C=O) groups is 1. The molecule has 0 unspecified atom stereocenters. The summed E-state index contributed by atoms with van der Waals surface area (Å²) in [5, 5.41) is 3.60. The molecule has 0 radical (unpaired) electrons. The minimum absolute atomic E-state index is 0.110. The van der Waals surface area contributed by atoms with Crippen molar-refractivity contribution in [3.63, 3.8) is 0 Å². The molecule has 0 heterocycles. The second kappa shape index (κ2) is 8.17. The zero-order valence-electron chi connectivity index (χ0n) is 15.7. The zero-order valence-corrected chi connectivity index (χ0v) is 18.1. The Kier molecular flexibility index (Phi) is 5.78. The molecule has 1 N–H and O–H groups in total. The van der Waals surface area contributed by atoms with Crippen molar-refractivity contribution in [2.24, 2.45) is 11.8 Å². The zero-order chi connectivity index (χ0) is 20.6. The van der Waals surface area contributed by atoms with E-state index in [2.05, 4.69) is 5.32 Å². The Balaban J connectivity index is 1.61. The van der Waals surface area contributed by atoms with Crippen molar-refractivity contribution in [2.45, 2.75) is 36.6 Å². The van der Waals surface area contributed by atoms with E-state index in [1.807, 2.05) is 0 Å². The third kappa shape index (κ3) is 4.25. The maximum Gasteiger partial charge on any atom is 0.264 e. The van der Waals surface area contributed by atoms with Crippen molar-refractivity contribution < 1.29 is 13.2 Å². The van der Waals surface area contributed by atoms with Gasteiger partial charge in [-0.25, -0.2) is 8.42 Å². The molecule has 2 fully saturated rings. The van der Waals surface area contributed by atoms with Crippen LogP contribution in [0.1, 0.15) is 25.7 Å². The van der Waals surface area contributed by atoms with Gasteiger partial charge in [0.2, 0.25) is 5.91 Å². The van der Waals surface area contributed by atoms with Gasteiger partial charge in [-0.1, -0.05) is 47.8 Å². The number of anilines is 1. The summed E-state index contributed by atoms with van der Waals surface area (Å²) in [7, 11) is -3.95. The van der Waals surface area contributed by atoms with E-state index in [0.717, 1.165) is 23.6 Å². The molecule has 0 aliphatic heterocycles. The van der Waals surface area contributed by atoms with E-state index in [4.69, 9.17) is 23.2 Å². The molecular weight excluding hydrogens is 431 g/mol. The van der Waals surface area contributed by atoms with Crippen LogP contribution < -0.4 is 9.62 Å². The Morgan fingerprint density at radius 1 is 1.03 bits per heavy atom. The molecule has 2 aliphatic rings. The number of halogens is 2. The van der Waals surface area contributed by atoms with Gasteiger partial charge in [0.05, 0.1) is 20.6 Å². The highest BCUT2D eigenvalue weighted by molar-refractivity contribution is 7.92. The lowest BCUT2D eigenvalue weighted by molar-refractivity contribution is -0.120. The van der Waals surface area contributed by atoms with Crippen molar-refractivity contribution >= 4 is 44.8 Å². The van der Waals surface area contributed by atoms with Crippen molar-refractivity contribution in [3.05, 3.63) is 58.6 Å². The Morgan fingerprint density at radius 2 is 1.79 bits per heavy atom. The summed E-state index contributed by atoms with van der Waals surface area (Å²) in [6.45, 7) is -0.316. The van der Waals surface area contributed by atoms with Gasteiger partial charge in [-0.15, -0.1) is 0 Å². The molecule has 5 nitrogen and oxygen atoms in total. The number of hydrogen-bond acceptors (Lipinski definition) is 3. The molecule has 0 aromatic heterocycles. The van der Waals surface area contributed by atoms with Gasteiger partial charge in [-0.2, -0.15) is 0 Å². The predicted molar refractivity (Wildman–Crippen MR) is 115 cm³/mol. The van der Waals surface area contributed by atoms with Crippen LogP contribution in [-0.2, 0) is 14.8 Å². The molecule has 29 heavy (non-hydrogen) atoms. The standard InChI is InChI=1S/C21H22Cl2N2O3S/c22-18-9-8-16(12-19(18)23)25(29(27,28)17-4-2-1-3-5-17)13-21(26)24-20-11-14-6-7-15(20)10-14/h1-5,8-9,12,14-15,20H,6-7,10-11,13H2,(H,24,26)/t14-,15-,20+/m0/s1. The predicted octanol–water partition coefficient (Wildman–Crippen LogP) is 4.49. The quantitative estimate of drug-likeness (QED) is 0.701. The molecule has 3 atom stereocenters. The monoisotopic (exact) mass is 452 g/mol. The normalized spacial score (nSPS) is 23.2. The van der Waals surface area contributed by atoms with Crippen LogP contribution in [0.15, 0.2) is 53.4 Å². The fraction of sp³-hybridized carbons (Fsp3) is 0.381. The largest absolute Gasteiger partial charge is 0.352 e. The summed E-state index contributed by atoms with van der Waals surface area (Å²) in [5.74, 6) is 0.880. The molecule has 8 heteroatoms. The summed E-state index contributed by atoms with van der Waals surface area (Å²) in [4.78, 5) is 12.9. The maximum atomic E-state index is 13.3. The van der Waals surface area contributed by atoms with E-state index in [9.17, 15) is 13.2 Å². The Hall–Kier alpha value is -1.76. The molecule has 0 saturated heterocycles. The van der Waals surface area contributed by atoms with Crippen LogP contribution in [0.4, 0.5) is 5.69 Å². The third-order valence-electron chi connectivity index (χ3n) is 5.89. The Morgan fingerprint density at radius 3 is 2.41 bits per heavy atom. The van der Waals surface area contributed by atoms with E-state index in [0.29, 0.717) is 22.5 Å². The van der Waals surface area contributed by atoms with Crippen molar-refractivity contribution in [3.8, 4) is 0 Å². The van der Waals surface area contributed by atoms with E-state index >= 15 is 0 Å². The number of rotatable bonds is 6. The number of amides is 1. The Bertz CT molecular complexity index is 1010. The lowest BCUT2D eigenvalue weighted by atomic mass is 9.95. The minimum Gasteiger partial charge on any atom is -0.352 e. The highest BCUT2D eigenvalue weighted by Gasteiger charge is 2.40. The molecular formula is C21H22Cl2N2O3S. The van der Waals surface area contributed by atoms with Crippen molar-refractivity contribution in [1.82, 2.24) is 5.32 Å². The lowest BCUT2D eigenvalue weighted by Crippen LogP contribution is -2.46. The van der Waals surface area contributed by atoms with Crippen LogP contribution in [0.3, 0.4) is 0 Å². The molecule has 154 valence electrons. The van der Waals surface area contributed by atoms with Gasteiger partial charge in [-0.3, -0.25) is 9.10 Å². The van der Waals surface area contributed by atoms with Crippen LogP contribution in [0.2, 0.25) is 10.0 Å². The number of carbonyl (C=O) groups excluding carboxylic acids is 1. The Labute approximate surface area is 181 Å². The van der Waals surface area contributed by atoms with Gasteiger partial charge >= 0.3 is 0 Å². The smallest absolute Gasteiger partial charge is 0.264 e. The highest BCUT2D eigenvalue weighted by atomic mass is 35.5. The molecule has 2 aromatic rings. The van der Waals surface area contributed by atoms with E-state index in [-0.39, 0.29) is 28.4 Å². The SMILES string of the molecule is O=C(CN(c1ccc(Cl)c(Cl)c1)S(=O)(=O)c1ccccc1)N[C@@H]1C[C@H]2CC[C@H]1C2. The number of sulfonamides is 1. The first kappa shape index (κ1) is 20.5. The average Bonchev–Trinajstić information content (AvgIpc) is 3.32. The second-order valence-electron chi connectivity index (χ2n) is 7.77. The number of hydrogen-bond donors (Lipinski definition) is 1. The molecule has 1 amide bonds. The van der Waals surface area contributed by atoms with Gasteiger partial charge in [0.25, 0.3) is 10.0 Å². The van der Waals surface area contributed by atoms with Gasteiger partial charge < -0.3 is 5.32 Å². The van der Waals surface area contributed by atoms with Crippen LogP contribution in [0, 0.1) is 11.8 Å². The molecule has 4 rings (SSSR count). The van der Waals surface area contributed by atoms with E-state index < -0.39 is 10.0 Å². The molecule has 2 aliphatic carbocycles. The summed E-state index contributed by atoms with van der Waals surface area (Å²) < 4.78 is 27.7. The van der Waals surface area contributed by atoms with Gasteiger partial charge in [0.15, 0.2) is 0 Å². The van der Waals surface area contributed by atoms with E-state index in [1.165, 1.54) is 30.7 Å². The molecule has 2 saturated carbocycles. The summed E-state index contributed by atoms with van der Waals surface area (Å²) >= 11 is 12.1. The van der Waals surface area contributed by atoms with Crippen molar-refractivity contribution in [1.29, 1.82) is 0 Å². The molecule has 2 aromatic carbocycles. The number of benzene rings is 2. The van der Waals surface area contributed by atoms with E-state index in [1.54, 1.807) is 24.3 Å².